The molecule has 230 valence electrons. The van der Waals surface area contributed by atoms with Crippen molar-refractivity contribution in [2.45, 2.75) is 53.9 Å². The van der Waals surface area contributed by atoms with Gasteiger partial charge in [-0.1, -0.05) is 6.92 Å². The molecular weight excluding hydrogens is 641 g/mol. The van der Waals surface area contributed by atoms with Gasteiger partial charge in [0.2, 0.25) is 0 Å². The van der Waals surface area contributed by atoms with Crippen molar-refractivity contribution in [3.8, 4) is 0 Å². The van der Waals surface area contributed by atoms with Crippen LogP contribution in [0, 0.1) is 0 Å². The number of rotatable bonds is 13. The lowest BCUT2D eigenvalue weighted by molar-refractivity contribution is -0.458. The lowest BCUT2D eigenvalue weighted by Gasteiger charge is -2.43. The summed E-state index contributed by atoms with van der Waals surface area (Å²) in [5.74, 6) is -52.3. The summed E-state index contributed by atoms with van der Waals surface area (Å²) in [5, 5.41) is -7.78. The fourth-order valence-corrected chi connectivity index (χ4v) is 3.88. The highest BCUT2D eigenvalue weighted by Gasteiger charge is 2.96. The van der Waals surface area contributed by atoms with E-state index in [0.29, 0.717) is 6.92 Å². The van der Waals surface area contributed by atoms with Crippen LogP contribution in [0.25, 0.3) is 0 Å². The number of halogens is 17. The summed E-state index contributed by atoms with van der Waals surface area (Å²) in [6, 6.07) is 0. The maximum atomic E-state index is 14.0. The molecule has 38 heavy (non-hydrogen) atoms. The molecule has 7 nitrogen and oxygen atoms in total. The van der Waals surface area contributed by atoms with Gasteiger partial charge in [-0.25, -0.2) is 12.6 Å². The standard InChI is InChI=1S/C12H10F17NO6S2/c1-2-30(3-4-36-38(33,34)35)37(31,32)12(28,29)10(23,24)8(19,20)6(15,16)5(13,14)7(17,18)9(21,22)11(25,26)27/h2-4H2,1H3,(H,33,34,35). The predicted octanol–water partition coefficient (Wildman–Crippen LogP) is 4.42. The third kappa shape index (κ3) is 5.33. The molecule has 0 rings (SSSR count). The molecule has 0 aliphatic heterocycles. The van der Waals surface area contributed by atoms with Crippen LogP contribution in [0.5, 0.6) is 0 Å². The highest BCUT2D eigenvalue weighted by atomic mass is 32.3. The lowest BCUT2D eigenvalue weighted by atomic mass is 9.91. The van der Waals surface area contributed by atoms with Crippen LogP contribution >= 0.6 is 0 Å². The summed E-state index contributed by atoms with van der Waals surface area (Å²) in [7, 11) is -13.1. The van der Waals surface area contributed by atoms with Crippen molar-refractivity contribution in [3.63, 3.8) is 0 Å². The Labute approximate surface area is 199 Å². The first-order valence-corrected chi connectivity index (χ1v) is 11.3. The topological polar surface area (TPSA) is 101 Å². The quantitative estimate of drug-likeness (QED) is 0.234. The van der Waals surface area contributed by atoms with Crippen LogP contribution in [-0.4, -0.2) is 92.4 Å². The van der Waals surface area contributed by atoms with Crippen molar-refractivity contribution in [2.24, 2.45) is 0 Å². The molecule has 0 saturated heterocycles. The van der Waals surface area contributed by atoms with Crippen LogP contribution in [0.3, 0.4) is 0 Å². The highest BCUT2D eigenvalue weighted by molar-refractivity contribution is 7.90. The Morgan fingerprint density at radius 3 is 1.21 bits per heavy atom. The van der Waals surface area contributed by atoms with Gasteiger partial charge in [-0.05, 0) is 0 Å². The van der Waals surface area contributed by atoms with Gasteiger partial charge in [-0.2, -0.15) is 87.4 Å². The Hall–Kier alpha value is -1.41. The second-order valence-corrected chi connectivity index (χ2v) is 9.78. The number of sulfonamides is 1. The van der Waals surface area contributed by atoms with E-state index < -0.39 is 91.4 Å². The second kappa shape index (κ2) is 9.90. The van der Waals surface area contributed by atoms with Gasteiger partial charge in [0.15, 0.2) is 0 Å². The smallest absolute Gasteiger partial charge is 0.264 e. The van der Waals surface area contributed by atoms with E-state index in [9.17, 15) is 91.5 Å². The van der Waals surface area contributed by atoms with E-state index in [1.165, 1.54) is 0 Å². The molecule has 0 aromatic carbocycles. The van der Waals surface area contributed by atoms with E-state index in [0.717, 1.165) is 0 Å². The van der Waals surface area contributed by atoms with Crippen molar-refractivity contribution in [1.82, 2.24) is 4.31 Å². The zero-order valence-corrected chi connectivity index (χ0v) is 18.9. The zero-order chi connectivity index (χ0) is 31.4. The van der Waals surface area contributed by atoms with Crippen LogP contribution in [0.1, 0.15) is 6.92 Å². The third-order valence-electron chi connectivity index (χ3n) is 4.28. The first-order valence-electron chi connectivity index (χ1n) is 8.49. The van der Waals surface area contributed by atoms with Gasteiger partial charge in [-0.3, -0.25) is 4.55 Å². The summed E-state index contributed by atoms with van der Waals surface area (Å²) in [6.45, 7) is -4.90. The molecule has 0 aromatic heterocycles. The van der Waals surface area contributed by atoms with Crippen LogP contribution < -0.4 is 0 Å². The van der Waals surface area contributed by atoms with Gasteiger partial charge >= 0.3 is 57.4 Å². The average Bonchev–Trinajstić information content (AvgIpc) is 2.68. The van der Waals surface area contributed by atoms with Gasteiger partial charge in [0, 0.05) is 13.1 Å². The zero-order valence-electron chi connectivity index (χ0n) is 17.3. The molecule has 0 heterocycles. The molecule has 0 aliphatic rings. The number of alkyl halides is 17. The van der Waals surface area contributed by atoms with Gasteiger partial charge in [0.1, 0.15) is 0 Å². The Bertz CT molecular complexity index is 1070. The van der Waals surface area contributed by atoms with Crippen LogP contribution in [0.15, 0.2) is 0 Å². The molecule has 0 fully saturated rings. The lowest BCUT2D eigenvalue weighted by Crippen LogP contribution is -2.75. The largest absolute Gasteiger partial charge is 0.460 e. The maximum absolute atomic E-state index is 14.0. The van der Waals surface area contributed by atoms with Crippen molar-refractivity contribution in [3.05, 3.63) is 0 Å². The first kappa shape index (κ1) is 36.6. The molecule has 26 heteroatoms. The fourth-order valence-electron chi connectivity index (χ4n) is 2.17. The molecule has 0 amide bonds. The molecule has 1 N–H and O–H groups in total. The number of hydrogen-bond donors (Lipinski definition) is 1. The van der Waals surface area contributed by atoms with E-state index in [4.69, 9.17) is 4.55 Å². The SMILES string of the molecule is CCN(CCOS(=O)(=O)O)S(=O)(=O)C(F)(F)C(F)(F)C(F)(F)C(F)(F)C(F)(F)C(F)(F)C(F)(F)C(F)(F)F. The predicted molar refractivity (Wildman–Crippen MR) is 84.4 cm³/mol. The monoisotopic (exact) mass is 651 g/mol. The molecule has 0 aromatic rings. The van der Waals surface area contributed by atoms with E-state index in [-0.39, 0.29) is 0 Å². The summed E-state index contributed by atoms with van der Waals surface area (Å²) in [4.78, 5) is 0. The molecule has 0 spiro atoms. The first-order chi connectivity index (χ1) is 16.2. The molecule has 0 atom stereocenters. The van der Waals surface area contributed by atoms with Crippen LogP contribution in [0.2, 0.25) is 0 Å². The Balaban J connectivity index is 6.87. The van der Waals surface area contributed by atoms with Gasteiger partial charge in [0.05, 0.1) is 6.61 Å². The average molecular weight is 651 g/mol. The minimum Gasteiger partial charge on any atom is -0.264 e. The molecule has 0 unspecified atom stereocenters. The van der Waals surface area contributed by atoms with E-state index in [1.54, 1.807) is 0 Å². The summed E-state index contributed by atoms with van der Waals surface area (Å²) >= 11 is 0. The summed E-state index contributed by atoms with van der Waals surface area (Å²) in [6.07, 6.45) is -7.94. The third-order valence-corrected chi connectivity index (χ3v) is 6.77. The molecular formula is C12H10F17NO6S2. The van der Waals surface area contributed by atoms with Crippen molar-refractivity contribution in [2.75, 3.05) is 19.7 Å². The number of hydrogen-bond acceptors (Lipinski definition) is 5. The minimum absolute atomic E-state index is 0.389. The van der Waals surface area contributed by atoms with E-state index >= 15 is 0 Å². The molecule has 0 bridgehead atoms. The summed E-state index contributed by atoms with van der Waals surface area (Å²) in [5.41, 5.74) is 0. The summed E-state index contributed by atoms with van der Waals surface area (Å²) < 4.78 is 280. The Morgan fingerprint density at radius 2 is 0.921 bits per heavy atom. The maximum Gasteiger partial charge on any atom is 0.460 e. The molecule has 0 radical (unpaired) electrons. The van der Waals surface area contributed by atoms with Gasteiger partial charge in [0.25, 0.3) is 10.0 Å². The fraction of sp³-hybridized carbons (Fsp3) is 1.00. The van der Waals surface area contributed by atoms with Crippen molar-refractivity contribution < 1.29 is 100 Å². The molecule has 0 aliphatic carbocycles. The number of nitrogens with zero attached hydrogens (tertiary/aromatic N) is 1. The minimum atomic E-state index is -8.97. The van der Waals surface area contributed by atoms with E-state index in [1.807, 2.05) is 0 Å². The Kier molecular flexibility index (Phi) is 9.53. The highest BCUT2D eigenvalue weighted by Crippen LogP contribution is 2.64. The van der Waals surface area contributed by atoms with Crippen molar-refractivity contribution >= 4 is 20.4 Å². The van der Waals surface area contributed by atoms with E-state index in [2.05, 4.69) is 4.18 Å². The molecule has 0 saturated carbocycles. The van der Waals surface area contributed by atoms with Crippen molar-refractivity contribution in [1.29, 1.82) is 0 Å². The van der Waals surface area contributed by atoms with Gasteiger partial charge in [-0.15, -0.1) is 0 Å². The van der Waals surface area contributed by atoms with Crippen LogP contribution in [0.4, 0.5) is 74.6 Å². The second-order valence-electron chi connectivity index (χ2n) is 6.71. The van der Waals surface area contributed by atoms with Crippen LogP contribution in [-0.2, 0) is 24.6 Å². The van der Waals surface area contributed by atoms with Gasteiger partial charge < -0.3 is 0 Å². The number of likely N-dealkylation sites (N-methyl/N-ethyl adjacent to an activating group) is 1. The Morgan fingerprint density at radius 1 is 0.605 bits per heavy atom. The normalized spacial score (nSPS) is 16.3.